The number of likely N-dealkylation sites (N-methyl/N-ethyl adjacent to an activating group) is 1. The van der Waals surface area contributed by atoms with E-state index in [2.05, 4.69) is 15.3 Å². The molecule has 0 aliphatic rings. The Labute approximate surface area is 73.2 Å². The number of rotatable bonds is 3. The summed E-state index contributed by atoms with van der Waals surface area (Å²) in [5.74, 6) is 0.924. The Morgan fingerprint density at radius 1 is 1.42 bits per heavy atom. The van der Waals surface area contributed by atoms with E-state index >= 15 is 0 Å². The Morgan fingerprint density at radius 3 is 2.75 bits per heavy atom. The molecule has 0 bridgehead atoms. The minimum absolute atomic E-state index is 0.900. The second kappa shape index (κ2) is 4.16. The minimum Gasteiger partial charge on any atom is -0.319 e. The average molecular weight is 165 g/mol. The Hall–Kier alpha value is -0.960. The summed E-state index contributed by atoms with van der Waals surface area (Å²) in [6.45, 7) is 4.97. The third-order valence-electron chi connectivity index (χ3n) is 1.87. The molecule has 0 fully saturated rings. The van der Waals surface area contributed by atoms with Crippen LogP contribution in [0.4, 0.5) is 0 Å². The van der Waals surface area contributed by atoms with Crippen molar-refractivity contribution in [3.8, 4) is 0 Å². The zero-order chi connectivity index (χ0) is 8.97. The second-order valence-corrected chi connectivity index (χ2v) is 2.91. The summed E-state index contributed by atoms with van der Waals surface area (Å²) >= 11 is 0. The van der Waals surface area contributed by atoms with Gasteiger partial charge in [-0.2, -0.15) is 0 Å². The van der Waals surface area contributed by atoms with Gasteiger partial charge >= 0.3 is 0 Å². The van der Waals surface area contributed by atoms with Crippen LogP contribution in [0.3, 0.4) is 0 Å². The van der Waals surface area contributed by atoms with E-state index in [4.69, 9.17) is 0 Å². The lowest BCUT2D eigenvalue weighted by atomic mass is 10.2. The van der Waals surface area contributed by atoms with Crippen LogP contribution >= 0.6 is 0 Å². The van der Waals surface area contributed by atoms with Gasteiger partial charge in [-0.3, -0.25) is 0 Å². The molecule has 0 aliphatic heterocycles. The molecular weight excluding hydrogens is 150 g/mol. The molecule has 0 aliphatic carbocycles. The topological polar surface area (TPSA) is 37.8 Å². The van der Waals surface area contributed by atoms with Gasteiger partial charge in [0.2, 0.25) is 0 Å². The molecule has 1 heterocycles. The van der Waals surface area contributed by atoms with Gasteiger partial charge in [-0.05, 0) is 26.5 Å². The van der Waals surface area contributed by atoms with Gasteiger partial charge in [0.15, 0.2) is 0 Å². The number of hydrogen-bond donors (Lipinski definition) is 1. The first-order valence-corrected chi connectivity index (χ1v) is 4.17. The van der Waals surface area contributed by atoms with Crippen molar-refractivity contribution in [3.63, 3.8) is 0 Å². The van der Waals surface area contributed by atoms with E-state index in [1.807, 2.05) is 27.1 Å². The summed E-state index contributed by atoms with van der Waals surface area (Å²) in [7, 11) is 1.93. The number of aromatic nitrogens is 2. The molecule has 1 aromatic heterocycles. The van der Waals surface area contributed by atoms with Gasteiger partial charge in [-0.15, -0.1) is 0 Å². The van der Waals surface area contributed by atoms with Crippen LogP contribution in [0.5, 0.6) is 0 Å². The standard InChI is InChI=1S/C9H15N3/c1-7-6-11-9(4-5-10-3)12-8(7)2/h6,10H,4-5H2,1-3H3. The van der Waals surface area contributed by atoms with E-state index in [0.717, 1.165) is 30.0 Å². The quantitative estimate of drug-likeness (QED) is 0.721. The van der Waals surface area contributed by atoms with E-state index in [1.54, 1.807) is 0 Å². The third-order valence-corrected chi connectivity index (χ3v) is 1.87. The lowest BCUT2D eigenvalue weighted by Crippen LogP contribution is -2.12. The van der Waals surface area contributed by atoms with Gasteiger partial charge in [-0.25, -0.2) is 9.97 Å². The molecule has 0 unspecified atom stereocenters. The van der Waals surface area contributed by atoms with E-state index in [9.17, 15) is 0 Å². The van der Waals surface area contributed by atoms with Crippen LogP contribution in [-0.2, 0) is 6.42 Å². The van der Waals surface area contributed by atoms with Crippen LogP contribution in [0.2, 0.25) is 0 Å². The van der Waals surface area contributed by atoms with Crippen molar-refractivity contribution in [3.05, 3.63) is 23.3 Å². The molecule has 0 radical (unpaired) electrons. The first-order valence-electron chi connectivity index (χ1n) is 4.17. The molecule has 12 heavy (non-hydrogen) atoms. The van der Waals surface area contributed by atoms with Gasteiger partial charge in [0.25, 0.3) is 0 Å². The first-order chi connectivity index (χ1) is 5.74. The van der Waals surface area contributed by atoms with Crippen molar-refractivity contribution in [2.45, 2.75) is 20.3 Å². The van der Waals surface area contributed by atoms with E-state index in [0.29, 0.717) is 0 Å². The fourth-order valence-corrected chi connectivity index (χ4v) is 0.933. The van der Waals surface area contributed by atoms with Gasteiger partial charge < -0.3 is 5.32 Å². The maximum atomic E-state index is 4.36. The van der Waals surface area contributed by atoms with Crippen molar-refractivity contribution < 1.29 is 0 Å². The highest BCUT2D eigenvalue weighted by molar-refractivity contribution is 5.13. The summed E-state index contributed by atoms with van der Waals surface area (Å²) in [5, 5.41) is 3.07. The Morgan fingerprint density at radius 2 is 2.17 bits per heavy atom. The van der Waals surface area contributed by atoms with Crippen molar-refractivity contribution in [1.82, 2.24) is 15.3 Å². The van der Waals surface area contributed by atoms with Gasteiger partial charge in [-0.1, -0.05) is 0 Å². The highest BCUT2D eigenvalue weighted by atomic mass is 14.9. The summed E-state index contributed by atoms with van der Waals surface area (Å²) in [6.07, 6.45) is 2.78. The molecule has 0 spiro atoms. The first kappa shape index (κ1) is 9.13. The maximum Gasteiger partial charge on any atom is 0.129 e. The summed E-state index contributed by atoms with van der Waals surface area (Å²) < 4.78 is 0. The lowest BCUT2D eigenvalue weighted by Gasteiger charge is -2.02. The highest BCUT2D eigenvalue weighted by Gasteiger charge is 1.98. The zero-order valence-electron chi connectivity index (χ0n) is 7.89. The van der Waals surface area contributed by atoms with Crippen molar-refractivity contribution in [1.29, 1.82) is 0 Å². The van der Waals surface area contributed by atoms with Crippen molar-refractivity contribution >= 4 is 0 Å². The normalized spacial score (nSPS) is 10.2. The predicted octanol–water partition coefficient (Wildman–Crippen LogP) is 0.855. The molecular formula is C9H15N3. The molecule has 0 amide bonds. The minimum atomic E-state index is 0.900. The summed E-state index contributed by atoms with van der Waals surface area (Å²) in [4.78, 5) is 8.58. The lowest BCUT2D eigenvalue weighted by molar-refractivity contribution is 0.749. The Kier molecular flexibility index (Phi) is 3.17. The van der Waals surface area contributed by atoms with Crippen LogP contribution in [0.25, 0.3) is 0 Å². The average Bonchev–Trinajstić information content (AvgIpc) is 2.07. The van der Waals surface area contributed by atoms with Crippen LogP contribution in [-0.4, -0.2) is 23.6 Å². The SMILES string of the molecule is CNCCc1ncc(C)c(C)n1. The number of nitrogens with zero attached hydrogens (tertiary/aromatic N) is 2. The molecule has 66 valence electrons. The van der Waals surface area contributed by atoms with Gasteiger partial charge in [0, 0.05) is 24.9 Å². The zero-order valence-corrected chi connectivity index (χ0v) is 7.89. The number of hydrogen-bond acceptors (Lipinski definition) is 3. The fourth-order valence-electron chi connectivity index (χ4n) is 0.933. The van der Waals surface area contributed by atoms with Crippen molar-refractivity contribution in [2.24, 2.45) is 0 Å². The molecule has 0 saturated heterocycles. The molecule has 1 aromatic rings. The van der Waals surface area contributed by atoms with Crippen LogP contribution in [0.15, 0.2) is 6.20 Å². The number of nitrogens with one attached hydrogen (secondary N) is 1. The molecule has 0 aromatic carbocycles. The van der Waals surface area contributed by atoms with Crippen LogP contribution in [0.1, 0.15) is 17.1 Å². The molecule has 0 atom stereocenters. The smallest absolute Gasteiger partial charge is 0.129 e. The highest BCUT2D eigenvalue weighted by Crippen LogP contribution is 2.01. The molecule has 3 heteroatoms. The van der Waals surface area contributed by atoms with E-state index < -0.39 is 0 Å². The Bertz CT molecular complexity index is 258. The predicted molar refractivity (Wildman–Crippen MR) is 49.1 cm³/mol. The molecule has 1 rings (SSSR count). The number of aryl methyl sites for hydroxylation is 2. The summed E-state index contributed by atoms with van der Waals surface area (Å²) in [5.41, 5.74) is 2.24. The second-order valence-electron chi connectivity index (χ2n) is 2.91. The third kappa shape index (κ3) is 2.27. The molecule has 1 N–H and O–H groups in total. The Balaban J connectivity index is 2.69. The van der Waals surface area contributed by atoms with E-state index in [-0.39, 0.29) is 0 Å². The largest absolute Gasteiger partial charge is 0.319 e. The molecule has 0 saturated carbocycles. The van der Waals surface area contributed by atoms with E-state index in [1.165, 1.54) is 0 Å². The summed E-state index contributed by atoms with van der Waals surface area (Å²) in [6, 6.07) is 0. The maximum absolute atomic E-state index is 4.36. The van der Waals surface area contributed by atoms with Crippen molar-refractivity contribution in [2.75, 3.05) is 13.6 Å². The van der Waals surface area contributed by atoms with Crippen LogP contribution < -0.4 is 5.32 Å². The van der Waals surface area contributed by atoms with Crippen LogP contribution in [0, 0.1) is 13.8 Å². The fraction of sp³-hybridized carbons (Fsp3) is 0.556. The van der Waals surface area contributed by atoms with Gasteiger partial charge in [0.1, 0.15) is 5.82 Å². The van der Waals surface area contributed by atoms with Gasteiger partial charge in [0.05, 0.1) is 0 Å². The molecule has 3 nitrogen and oxygen atoms in total. The monoisotopic (exact) mass is 165 g/mol.